The number of nitrogens with zero attached hydrogens (tertiary/aromatic N) is 1. The summed E-state index contributed by atoms with van der Waals surface area (Å²) in [5.41, 5.74) is 1.43. The third kappa shape index (κ3) is 2.79. The van der Waals surface area contributed by atoms with E-state index in [1.165, 1.54) is 19.1 Å². The lowest BCUT2D eigenvalue weighted by atomic mass is 10.1. The minimum absolute atomic E-state index is 0.0162. The number of benzene rings is 1. The van der Waals surface area contributed by atoms with Crippen LogP contribution in [0.4, 0.5) is 5.69 Å². The molecule has 1 aromatic carbocycles. The van der Waals surface area contributed by atoms with Gasteiger partial charge in [0.25, 0.3) is 0 Å². The van der Waals surface area contributed by atoms with Gasteiger partial charge in [0.1, 0.15) is 0 Å². The van der Waals surface area contributed by atoms with E-state index in [0.717, 1.165) is 11.1 Å². The van der Waals surface area contributed by atoms with Crippen molar-refractivity contribution in [2.75, 3.05) is 0 Å². The molecule has 16 heavy (non-hydrogen) atoms. The number of carbonyl (C=O) groups is 1. The highest BCUT2D eigenvalue weighted by Crippen LogP contribution is 2.31. The SMILES string of the molecule is CC(=O)Oc1cc(CBr)c(C)cc1[N+](=O)[O-]. The summed E-state index contributed by atoms with van der Waals surface area (Å²) in [5.74, 6) is -0.593. The third-order valence-corrected chi connectivity index (χ3v) is 2.62. The lowest BCUT2D eigenvalue weighted by molar-refractivity contribution is -0.385. The Labute approximate surface area is 101 Å². The van der Waals surface area contributed by atoms with Gasteiger partial charge >= 0.3 is 11.7 Å². The molecule has 0 N–H and O–H groups in total. The van der Waals surface area contributed by atoms with Crippen molar-refractivity contribution in [3.05, 3.63) is 33.4 Å². The maximum Gasteiger partial charge on any atom is 0.311 e. The fraction of sp³-hybridized carbons (Fsp3) is 0.300. The summed E-state index contributed by atoms with van der Waals surface area (Å²) in [6, 6.07) is 2.90. The summed E-state index contributed by atoms with van der Waals surface area (Å²) in [6.45, 7) is 2.97. The monoisotopic (exact) mass is 287 g/mol. The highest BCUT2D eigenvalue weighted by atomic mass is 79.9. The number of hydrogen-bond acceptors (Lipinski definition) is 4. The molecule has 0 atom stereocenters. The Morgan fingerprint density at radius 2 is 2.19 bits per heavy atom. The van der Waals surface area contributed by atoms with Crippen molar-refractivity contribution in [3.8, 4) is 5.75 Å². The van der Waals surface area contributed by atoms with E-state index in [1.807, 2.05) is 0 Å². The van der Waals surface area contributed by atoms with Gasteiger partial charge in [0.15, 0.2) is 0 Å². The molecule has 0 aromatic heterocycles. The van der Waals surface area contributed by atoms with Gasteiger partial charge in [-0.15, -0.1) is 0 Å². The smallest absolute Gasteiger partial charge is 0.311 e. The standard InChI is InChI=1S/C10H10BrNO4/c1-6-3-9(12(14)15)10(16-7(2)13)4-8(6)5-11/h3-4H,5H2,1-2H3. The molecule has 0 aliphatic heterocycles. The van der Waals surface area contributed by atoms with Gasteiger partial charge in [-0.2, -0.15) is 0 Å². The minimum Gasteiger partial charge on any atom is -0.419 e. The van der Waals surface area contributed by atoms with Crippen LogP contribution in [-0.4, -0.2) is 10.9 Å². The van der Waals surface area contributed by atoms with E-state index in [1.54, 1.807) is 6.92 Å². The van der Waals surface area contributed by atoms with Crippen molar-refractivity contribution in [2.24, 2.45) is 0 Å². The Morgan fingerprint density at radius 3 is 2.62 bits per heavy atom. The van der Waals surface area contributed by atoms with Crippen LogP contribution in [-0.2, 0) is 10.1 Å². The van der Waals surface area contributed by atoms with Crippen LogP contribution in [0.5, 0.6) is 5.75 Å². The van der Waals surface area contributed by atoms with Gasteiger partial charge in [-0.25, -0.2) is 0 Å². The fourth-order valence-electron chi connectivity index (χ4n) is 1.24. The Hall–Kier alpha value is -1.43. The van der Waals surface area contributed by atoms with Crippen LogP contribution in [0, 0.1) is 17.0 Å². The van der Waals surface area contributed by atoms with Crippen molar-refractivity contribution < 1.29 is 14.5 Å². The number of halogens is 1. The molecule has 1 aromatic rings. The zero-order valence-corrected chi connectivity index (χ0v) is 10.4. The summed E-state index contributed by atoms with van der Waals surface area (Å²) < 4.78 is 4.80. The molecule has 0 saturated carbocycles. The number of hydrogen-bond donors (Lipinski definition) is 0. The largest absolute Gasteiger partial charge is 0.419 e. The van der Waals surface area contributed by atoms with Gasteiger partial charge in [-0.1, -0.05) is 15.9 Å². The molecule has 1 rings (SSSR count). The first-order chi connectivity index (χ1) is 7.45. The van der Waals surface area contributed by atoms with E-state index < -0.39 is 10.9 Å². The molecule has 6 heteroatoms. The summed E-state index contributed by atoms with van der Waals surface area (Å²) in [5, 5.41) is 11.3. The number of alkyl halides is 1. The number of esters is 1. The number of nitro benzene ring substituents is 1. The molecular formula is C10H10BrNO4. The molecule has 0 unspecified atom stereocenters. The Kier molecular flexibility index (Phi) is 4.00. The van der Waals surface area contributed by atoms with Crippen LogP contribution in [0.2, 0.25) is 0 Å². The van der Waals surface area contributed by atoms with Gasteiger partial charge < -0.3 is 4.74 Å². The van der Waals surface area contributed by atoms with Gasteiger partial charge in [0, 0.05) is 18.3 Å². The van der Waals surface area contributed by atoms with Crippen LogP contribution in [0.15, 0.2) is 12.1 Å². The molecule has 0 amide bonds. The van der Waals surface area contributed by atoms with E-state index in [2.05, 4.69) is 15.9 Å². The second kappa shape index (κ2) is 5.07. The molecular weight excluding hydrogens is 278 g/mol. The molecule has 0 fully saturated rings. The van der Waals surface area contributed by atoms with Crippen LogP contribution in [0.25, 0.3) is 0 Å². The number of nitro groups is 1. The van der Waals surface area contributed by atoms with E-state index in [-0.39, 0.29) is 11.4 Å². The maximum absolute atomic E-state index is 10.8. The minimum atomic E-state index is -0.576. The zero-order chi connectivity index (χ0) is 12.3. The van der Waals surface area contributed by atoms with Crippen LogP contribution in [0.1, 0.15) is 18.1 Å². The lowest BCUT2D eigenvalue weighted by Gasteiger charge is -2.07. The average Bonchev–Trinajstić information content (AvgIpc) is 2.19. The van der Waals surface area contributed by atoms with E-state index in [9.17, 15) is 14.9 Å². The normalized spacial score (nSPS) is 9.94. The molecule has 0 aliphatic carbocycles. The van der Waals surface area contributed by atoms with Crippen molar-refractivity contribution in [3.63, 3.8) is 0 Å². The summed E-state index contributed by atoms with van der Waals surface area (Å²) in [6.07, 6.45) is 0. The maximum atomic E-state index is 10.8. The van der Waals surface area contributed by atoms with Crippen LogP contribution < -0.4 is 4.74 Å². The molecule has 0 bridgehead atoms. The number of carbonyl (C=O) groups excluding carboxylic acids is 1. The predicted octanol–water partition coefficient (Wildman–Crippen LogP) is 2.72. The third-order valence-electron chi connectivity index (χ3n) is 2.01. The molecule has 0 radical (unpaired) electrons. The van der Waals surface area contributed by atoms with E-state index >= 15 is 0 Å². The molecule has 5 nitrogen and oxygen atoms in total. The average molecular weight is 288 g/mol. The van der Waals surface area contributed by atoms with Gasteiger partial charge in [0.2, 0.25) is 5.75 Å². The molecule has 0 spiro atoms. The molecule has 0 heterocycles. The Bertz CT molecular complexity index is 445. The predicted molar refractivity (Wildman–Crippen MR) is 61.8 cm³/mol. The Morgan fingerprint density at radius 1 is 1.56 bits per heavy atom. The first-order valence-electron chi connectivity index (χ1n) is 4.48. The summed E-state index contributed by atoms with van der Waals surface area (Å²) in [7, 11) is 0. The highest BCUT2D eigenvalue weighted by molar-refractivity contribution is 9.08. The highest BCUT2D eigenvalue weighted by Gasteiger charge is 2.18. The lowest BCUT2D eigenvalue weighted by Crippen LogP contribution is -2.05. The topological polar surface area (TPSA) is 69.4 Å². The molecule has 86 valence electrons. The van der Waals surface area contributed by atoms with Gasteiger partial charge in [0.05, 0.1) is 4.92 Å². The molecule has 0 saturated heterocycles. The van der Waals surface area contributed by atoms with Gasteiger partial charge in [-0.3, -0.25) is 14.9 Å². The fourth-order valence-corrected chi connectivity index (χ4v) is 1.84. The van der Waals surface area contributed by atoms with Crippen molar-refractivity contribution in [1.29, 1.82) is 0 Å². The van der Waals surface area contributed by atoms with E-state index in [0.29, 0.717) is 5.33 Å². The van der Waals surface area contributed by atoms with Crippen molar-refractivity contribution in [1.82, 2.24) is 0 Å². The number of aryl methyl sites for hydroxylation is 1. The number of ether oxygens (including phenoxy) is 1. The Balaban J connectivity index is 3.30. The quantitative estimate of drug-likeness (QED) is 0.282. The van der Waals surface area contributed by atoms with E-state index in [4.69, 9.17) is 4.74 Å². The van der Waals surface area contributed by atoms with Crippen molar-refractivity contribution >= 4 is 27.6 Å². The second-order valence-corrected chi connectivity index (χ2v) is 3.79. The summed E-state index contributed by atoms with van der Waals surface area (Å²) >= 11 is 3.26. The summed E-state index contributed by atoms with van der Waals surface area (Å²) in [4.78, 5) is 21.0. The van der Waals surface area contributed by atoms with Crippen LogP contribution >= 0.6 is 15.9 Å². The van der Waals surface area contributed by atoms with Crippen molar-refractivity contribution in [2.45, 2.75) is 19.2 Å². The van der Waals surface area contributed by atoms with Crippen LogP contribution in [0.3, 0.4) is 0 Å². The second-order valence-electron chi connectivity index (χ2n) is 3.23. The van der Waals surface area contributed by atoms with Gasteiger partial charge in [-0.05, 0) is 24.1 Å². The molecule has 0 aliphatic rings. The number of rotatable bonds is 3. The first kappa shape index (κ1) is 12.6. The zero-order valence-electron chi connectivity index (χ0n) is 8.82. The first-order valence-corrected chi connectivity index (χ1v) is 5.60.